The van der Waals surface area contributed by atoms with Gasteiger partial charge in [-0.15, -0.1) is 0 Å². The molecule has 12 atom stereocenters. The molecule has 42 heavy (non-hydrogen) atoms. The lowest BCUT2D eigenvalue weighted by molar-refractivity contribution is -0.289. The van der Waals surface area contributed by atoms with E-state index in [1.807, 2.05) is 6.92 Å². The average Bonchev–Trinajstić information content (AvgIpc) is 3.48. The Hall–Kier alpha value is -1.85. The third kappa shape index (κ3) is 4.42. The Morgan fingerprint density at radius 1 is 1.10 bits per heavy atom. The van der Waals surface area contributed by atoms with Gasteiger partial charge in [0, 0.05) is 38.4 Å². The highest BCUT2D eigenvalue weighted by atomic mass is 16.7. The van der Waals surface area contributed by atoms with Gasteiger partial charge in [0.05, 0.1) is 28.8 Å². The third-order valence-corrected chi connectivity index (χ3v) is 12.4. The van der Waals surface area contributed by atoms with Crippen LogP contribution in [0.25, 0.3) is 0 Å². The van der Waals surface area contributed by atoms with Crippen LogP contribution in [-0.2, 0) is 38.1 Å². The number of aliphatic hydroxyl groups is 2. The highest BCUT2D eigenvalue weighted by Gasteiger charge is 2.71. The zero-order chi connectivity index (χ0) is 30.1. The van der Waals surface area contributed by atoms with Crippen LogP contribution in [-0.4, -0.2) is 84.1 Å². The molecule has 0 aromatic heterocycles. The number of hydrogen-bond acceptors (Lipinski definition) is 10. The largest absolute Gasteiger partial charge is 0.458 e. The summed E-state index contributed by atoms with van der Waals surface area (Å²) in [7, 11) is 1.57. The van der Waals surface area contributed by atoms with Crippen LogP contribution in [0.1, 0.15) is 85.0 Å². The minimum absolute atomic E-state index is 0.0706. The quantitative estimate of drug-likeness (QED) is 0.270. The van der Waals surface area contributed by atoms with E-state index in [9.17, 15) is 24.6 Å². The first-order valence-electron chi connectivity index (χ1n) is 15.7. The summed E-state index contributed by atoms with van der Waals surface area (Å²) >= 11 is 0. The SMILES string of the molecule is CO[C@H]1C[C@@H](O[C@H]2CC[C@]3(C=O)[C@@H]4CC[C@]5(C)[C@H](C6=CC(=O)OC6)CC[C@]5(O)[C@H]4CC[C@@]3(O)C2)O[C@@H](C)[C@@H]1OC(C)=O. The Labute approximate surface area is 247 Å². The predicted octanol–water partition coefficient (Wildman–Crippen LogP) is 3.00. The van der Waals surface area contributed by atoms with Crippen molar-refractivity contribution in [2.24, 2.45) is 28.6 Å². The van der Waals surface area contributed by atoms with Crippen molar-refractivity contribution in [2.75, 3.05) is 13.7 Å². The number of fused-ring (bicyclic) bond motifs is 5. The van der Waals surface area contributed by atoms with E-state index in [2.05, 4.69) is 6.92 Å². The summed E-state index contributed by atoms with van der Waals surface area (Å²) in [6.07, 6.45) is 6.06. The molecule has 0 radical (unpaired) electrons. The molecule has 6 aliphatic rings. The van der Waals surface area contributed by atoms with E-state index in [0.717, 1.165) is 31.1 Å². The number of carbonyl (C=O) groups excluding carboxylic acids is 3. The van der Waals surface area contributed by atoms with Crippen LogP contribution in [0.2, 0.25) is 0 Å². The Morgan fingerprint density at radius 3 is 2.52 bits per heavy atom. The van der Waals surface area contributed by atoms with Gasteiger partial charge in [-0.3, -0.25) is 4.79 Å². The van der Waals surface area contributed by atoms with Gasteiger partial charge in [0.15, 0.2) is 12.4 Å². The fourth-order valence-corrected chi connectivity index (χ4v) is 10.3. The van der Waals surface area contributed by atoms with E-state index >= 15 is 0 Å². The number of carbonyl (C=O) groups is 3. The van der Waals surface area contributed by atoms with Crippen LogP contribution >= 0.6 is 0 Å². The smallest absolute Gasteiger partial charge is 0.331 e. The van der Waals surface area contributed by atoms with E-state index in [0.29, 0.717) is 51.6 Å². The number of rotatable bonds is 6. The number of ether oxygens (including phenoxy) is 5. The molecule has 1 saturated heterocycles. The van der Waals surface area contributed by atoms with Crippen molar-refractivity contribution in [3.8, 4) is 0 Å². The topological polar surface area (TPSA) is 138 Å². The maximum absolute atomic E-state index is 13.1. The second-order valence-corrected chi connectivity index (χ2v) is 14.1. The number of aldehydes is 1. The van der Waals surface area contributed by atoms with Crippen molar-refractivity contribution in [2.45, 2.75) is 127 Å². The molecule has 2 N–H and O–H groups in total. The molecule has 0 spiro atoms. The molecule has 5 fully saturated rings. The Morgan fingerprint density at radius 2 is 1.86 bits per heavy atom. The lowest BCUT2D eigenvalue weighted by Gasteiger charge is -2.65. The zero-order valence-electron chi connectivity index (χ0n) is 25.2. The number of methoxy groups -OCH3 is 1. The van der Waals surface area contributed by atoms with Gasteiger partial charge in [-0.25, -0.2) is 4.79 Å². The standard InChI is InChI=1S/C32H46O10/c1-18-28(41-19(2)34)25(38-4)14-27(40-18)42-21-5-10-30(17-33)23-6-9-29(3)22(20-13-26(35)39-16-20)8-12-32(29,37)24(23)7-11-31(30,36)15-21/h13,17-18,21-25,27-28,36-37H,5-12,14-16H2,1-4H3/t18-,21-,22-,23+,24-,25-,27+,28-,29+,30-,31+,32-/m0/s1. The molecule has 0 aromatic carbocycles. The fraction of sp³-hybridized carbons (Fsp3) is 0.844. The van der Waals surface area contributed by atoms with E-state index in [1.54, 1.807) is 13.2 Å². The van der Waals surface area contributed by atoms with Crippen molar-refractivity contribution in [3.63, 3.8) is 0 Å². The van der Waals surface area contributed by atoms with Gasteiger partial charge >= 0.3 is 11.9 Å². The number of esters is 2. The van der Waals surface area contributed by atoms with Crippen LogP contribution in [0.3, 0.4) is 0 Å². The Bertz CT molecular complexity index is 1140. The molecule has 4 aliphatic carbocycles. The first-order valence-corrected chi connectivity index (χ1v) is 15.7. The summed E-state index contributed by atoms with van der Waals surface area (Å²) in [4.78, 5) is 36.5. The van der Waals surface area contributed by atoms with E-state index < -0.39 is 46.5 Å². The monoisotopic (exact) mass is 590 g/mol. The first-order chi connectivity index (χ1) is 19.9. The summed E-state index contributed by atoms with van der Waals surface area (Å²) in [5.41, 5.74) is -2.60. The molecule has 0 amide bonds. The molecule has 10 heteroatoms. The summed E-state index contributed by atoms with van der Waals surface area (Å²) in [6.45, 7) is 5.63. The Kier molecular flexibility index (Phi) is 7.65. The highest BCUT2D eigenvalue weighted by Crippen LogP contribution is 2.70. The highest BCUT2D eigenvalue weighted by molar-refractivity contribution is 5.85. The molecule has 0 bridgehead atoms. The molecule has 234 valence electrons. The minimum Gasteiger partial charge on any atom is -0.458 e. The maximum Gasteiger partial charge on any atom is 0.331 e. The van der Waals surface area contributed by atoms with Gasteiger partial charge in [-0.2, -0.15) is 0 Å². The van der Waals surface area contributed by atoms with Crippen molar-refractivity contribution in [1.29, 1.82) is 0 Å². The van der Waals surface area contributed by atoms with E-state index in [-0.39, 0.29) is 35.9 Å². The third-order valence-electron chi connectivity index (χ3n) is 12.4. The van der Waals surface area contributed by atoms with Crippen molar-refractivity contribution >= 4 is 18.2 Å². The molecule has 6 rings (SSSR count). The van der Waals surface area contributed by atoms with Gasteiger partial charge in [0.1, 0.15) is 19.0 Å². The molecular weight excluding hydrogens is 544 g/mol. The van der Waals surface area contributed by atoms with Crippen molar-refractivity contribution < 1.29 is 48.3 Å². The summed E-state index contributed by atoms with van der Waals surface area (Å²) in [6, 6.07) is 0. The van der Waals surface area contributed by atoms with Gasteiger partial charge in [-0.1, -0.05) is 6.92 Å². The van der Waals surface area contributed by atoms with Gasteiger partial charge in [-0.05, 0) is 81.6 Å². The van der Waals surface area contributed by atoms with Crippen LogP contribution in [0.4, 0.5) is 0 Å². The molecule has 2 aliphatic heterocycles. The lowest BCUT2D eigenvalue weighted by Crippen LogP contribution is -2.69. The molecule has 2 heterocycles. The zero-order valence-corrected chi connectivity index (χ0v) is 25.2. The summed E-state index contributed by atoms with van der Waals surface area (Å²) < 4.78 is 28.7. The second-order valence-electron chi connectivity index (χ2n) is 14.1. The van der Waals surface area contributed by atoms with Crippen molar-refractivity contribution in [1.82, 2.24) is 0 Å². The van der Waals surface area contributed by atoms with E-state index in [1.165, 1.54) is 6.92 Å². The summed E-state index contributed by atoms with van der Waals surface area (Å²) in [5.74, 6) is -0.871. The Balaban J connectivity index is 1.18. The van der Waals surface area contributed by atoms with Crippen molar-refractivity contribution in [3.05, 3.63) is 11.6 Å². The first kappa shape index (κ1) is 30.2. The normalized spacial score (nSPS) is 50.1. The van der Waals surface area contributed by atoms with Crippen LogP contribution < -0.4 is 0 Å². The molecular formula is C32H46O10. The predicted molar refractivity (Wildman–Crippen MR) is 148 cm³/mol. The van der Waals surface area contributed by atoms with Crippen LogP contribution in [0.15, 0.2) is 11.6 Å². The van der Waals surface area contributed by atoms with E-state index in [4.69, 9.17) is 23.7 Å². The molecule has 0 unspecified atom stereocenters. The summed E-state index contributed by atoms with van der Waals surface area (Å²) in [5, 5.41) is 24.7. The number of hydrogen-bond donors (Lipinski definition) is 2. The molecule has 0 aromatic rings. The molecule has 10 nitrogen and oxygen atoms in total. The van der Waals surface area contributed by atoms with Crippen LogP contribution in [0.5, 0.6) is 0 Å². The average molecular weight is 591 g/mol. The minimum atomic E-state index is -1.24. The van der Waals surface area contributed by atoms with Gasteiger partial charge in [0.2, 0.25) is 0 Å². The fourth-order valence-electron chi connectivity index (χ4n) is 10.3. The van der Waals surface area contributed by atoms with Crippen LogP contribution in [0, 0.1) is 28.6 Å². The molecule has 4 saturated carbocycles. The second kappa shape index (κ2) is 10.6. The van der Waals surface area contributed by atoms with Gasteiger partial charge in [0.25, 0.3) is 0 Å². The number of cyclic esters (lactones) is 1. The lowest BCUT2D eigenvalue weighted by atomic mass is 9.41. The maximum atomic E-state index is 13.1. The van der Waals surface area contributed by atoms with Gasteiger partial charge < -0.3 is 38.7 Å².